The maximum atomic E-state index is 11.2. The molecule has 24 heavy (non-hydrogen) atoms. The minimum atomic E-state index is -0.405. The second kappa shape index (κ2) is 10.5. The molecule has 1 aliphatic carbocycles. The zero-order valence-corrected chi connectivity index (χ0v) is 16.9. The molecule has 1 fully saturated rings. The van der Waals surface area contributed by atoms with Crippen LogP contribution in [0.15, 0.2) is 29.3 Å². The fourth-order valence-corrected chi connectivity index (χ4v) is 2.91. The second-order valence-electron chi connectivity index (χ2n) is 6.36. The summed E-state index contributed by atoms with van der Waals surface area (Å²) >= 11 is 0. The molecule has 0 bridgehead atoms. The number of halogens is 1. The van der Waals surface area contributed by atoms with Crippen LogP contribution < -0.4 is 16.4 Å². The minimum absolute atomic E-state index is 0. The van der Waals surface area contributed by atoms with Gasteiger partial charge in [-0.05, 0) is 56.2 Å². The lowest BCUT2D eigenvalue weighted by Crippen LogP contribution is -2.44. The fourth-order valence-electron chi connectivity index (χ4n) is 2.91. The summed E-state index contributed by atoms with van der Waals surface area (Å²) in [6.07, 6.45) is 4.95. The molecule has 0 aromatic heterocycles. The number of hydrogen-bond donors (Lipinski definition) is 3. The molecule has 0 aliphatic heterocycles. The van der Waals surface area contributed by atoms with Crippen LogP contribution in [0, 0.1) is 5.92 Å². The molecule has 0 saturated heterocycles. The van der Waals surface area contributed by atoms with Gasteiger partial charge < -0.3 is 16.4 Å². The maximum Gasteiger partial charge on any atom is 0.248 e. The first-order valence-electron chi connectivity index (χ1n) is 8.52. The highest BCUT2D eigenvalue weighted by Crippen LogP contribution is 2.23. The highest BCUT2D eigenvalue weighted by Gasteiger charge is 2.18. The predicted octanol–water partition coefficient (Wildman–Crippen LogP) is 3.04. The molecular weight excluding hydrogens is 415 g/mol. The normalized spacial score (nSPS) is 20.8. The van der Waals surface area contributed by atoms with Crippen LogP contribution in [0.2, 0.25) is 0 Å². The van der Waals surface area contributed by atoms with E-state index < -0.39 is 5.91 Å². The zero-order chi connectivity index (χ0) is 16.7. The molecule has 1 aliphatic rings. The highest BCUT2D eigenvalue weighted by atomic mass is 127. The fraction of sp³-hybridized carbons (Fsp3) is 0.556. The Kier molecular flexibility index (Phi) is 9.10. The first-order valence-corrected chi connectivity index (χ1v) is 8.52. The number of benzene rings is 1. The van der Waals surface area contributed by atoms with E-state index in [9.17, 15) is 4.79 Å². The van der Waals surface area contributed by atoms with Gasteiger partial charge >= 0.3 is 0 Å². The minimum Gasteiger partial charge on any atom is -0.366 e. The molecule has 2 rings (SSSR count). The third-order valence-corrected chi connectivity index (χ3v) is 4.33. The van der Waals surface area contributed by atoms with Crippen LogP contribution in [-0.2, 0) is 6.54 Å². The van der Waals surface area contributed by atoms with Crippen molar-refractivity contribution in [3.8, 4) is 0 Å². The van der Waals surface area contributed by atoms with E-state index in [1.807, 2.05) is 12.1 Å². The summed E-state index contributed by atoms with van der Waals surface area (Å²) in [5.41, 5.74) is 6.83. The number of carbonyl (C=O) groups excluding carboxylic acids is 1. The van der Waals surface area contributed by atoms with Gasteiger partial charge in [-0.1, -0.05) is 19.1 Å². The van der Waals surface area contributed by atoms with E-state index in [0.717, 1.165) is 24.0 Å². The molecule has 0 atom stereocenters. The smallest absolute Gasteiger partial charge is 0.248 e. The van der Waals surface area contributed by atoms with Crippen molar-refractivity contribution in [3.63, 3.8) is 0 Å². The Bertz CT molecular complexity index is 554. The van der Waals surface area contributed by atoms with E-state index in [2.05, 4.69) is 29.5 Å². The van der Waals surface area contributed by atoms with Gasteiger partial charge in [-0.2, -0.15) is 0 Å². The molecule has 0 radical (unpaired) electrons. The number of amides is 1. The lowest BCUT2D eigenvalue weighted by Gasteiger charge is -2.28. The summed E-state index contributed by atoms with van der Waals surface area (Å²) in [5, 5.41) is 6.83. The van der Waals surface area contributed by atoms with E-state index in [1.165, 1.54) is 25.7 Å². The van der Waals surface area contributed by atoms with Crippen molar-refractivity contribution in [1.82, 2.24) is 10.6 Å². The first kappa shape index (κ1) is 20.7. The Morgan fingerprint density at radius 1 is 1.29 bits per heavy atom. The molecule has 1 aromatic rings. The van der Waals surface area contributed by atoms with Gasteiger partial charge in [0.1, 0.15) is 0 Å². The number of nitrogens with two attached hydrogens (primary N) is 1. The average molecular weight is 444 g/mol. The lowest BCUT2D eigenvalue weighted by atomic mass is 9.87. The predicted molar refractivity (Wildman–Crippen MR) is 110 cm³/mol. The molecular formula is C18H29IN4O. The van der Waals surface area contributed by atoms with Crippen LogP contribution in [0.4, 0.5) is 0 Å². The van der Waals surface area contributed by atoms with Gasteiger partial charge in [0.15, 0.2) is 5.96 Å². The Labute approximate surface area is 161 Å². The van der Waals surface area contributed by atoms with Crippen LogP contribution in [0.25, 0.3) is 0 Å². The standard InChI is InChI=1S/C18H28N4O.HI/c1-3-20-18(22-16-9-7-13(2)8-10-16)21-12-14-5-4-6-15(11-14)17(19)23;/h4-6,11,13,16H,3,7-10,12H2,1-2H3,(H2,19,23)(H2,20,21,22);1H. The Morgan fingerprint density at radius 3 is 2.62 bits per heavy atom. The first-order chi connectivity index (χ1) is 11.1. The van der Waals surface area contributed by atoms with E-state index in [0.29, 0.717) is 18.2 Å². The molecule has 0 unspecified atom stereocenters. The Hall–Kier alpha value is -1.31. The number of guanidine groups is 1. The number of carbonyl (C=O) groups is 1. The molecule has 6 heteroatoms. The number of rotatable bonds is 5. The molecule has 1 aromatic carbocycles. The summed E-state index contributed by atoms with van der Waals surface area (Å²) in [6, 6.07) is 7.83. The van der Waals surface area contributed by atoms with E-state index in [4.69, 9.17) is 5.73 Å². The third kappa shape index (κ3) is 6.67. The SMILES string of the molecule is CCNC(=NCc1cccc(C(N)=O)c1)NC1CCC(C)CC1.I. The van der Waals surface area contributed by atoms with Crippen LogP contribution in [-0.4, -0.2) is 24.5 Å². The van der Waals surface area contributed by atoms with Crippen LogP contribution in [0.3, 0.4) is 0 Å². The summed E-state index contributed by atoms with van der Waals surface area (Å²) in [5.74, 6) is 1.28. The quantitative estimate of drug-likeness (QED) is 0.371. The lowest BCUT2D eigenvalue weighted by molar-refractivity contribution is 0.1000. The van der Waals surface area contributed by atoms with Gasteiger partial charge in [-0.15, -0.1) is 24.0 Å². The molecule has 5 nitrogen and oxygen atoms in total. The maximum absolute atomic E-state index is 11.2. The topological polar surface area (TPSA) is 79.5 Å². The van der Waals surface area contributed by atoms with Crippen LogP contribution in [0.1, 0.15) is 55.5 Å². The number of nitrogens with one attached hydrogen (secondary N) is 2. The summed E-state index contributed by atoms with van der Waals surface area (Å²) in [7, 11) is 0. The van der Waals surface area contributed by atoms with Gasteiger partial charge in [0.05, 0.1) is 6.54 Å². The number of primary amides is 1. The monoisotopic (exact) mass is 444 g/mol. The van der Waals surface area contributed by atoms with Crippen molar-refractivity contribution in [1.29, 1.82) is 0 Å². The Morgan fingerprint density at radius 2 is 2.00 bits per heavy atom. The second-order valence-corrected chi connectivity index (χ2v) is 6.36. The summed E-state index contributed by atoms with van der Waals surface area (Å²) in [6.45, 7) is 5.74. The van der Waals surface area contributed by atoms with Gasteiger partial charge in [-0.3, -0.25) is 4.79 Å². The molecule has 0 heterocycles. The molecule has 1 saturated carbocycles. The van der Waals surface area contributed by atoms with Gasteiger partial charge in [0.2, 0.25) is 5.91 Å². The average Bonchev–Trinajstić information content (AvgIpc) is 2.55. The highest BCUT2D eigenvalue weighted by molar-refractivity contribution is 14.0. The van der Waals surface area contributed by atoms with E-state index in [-0.39, 0.29) is 24.0 Å². The zero-order valence-electron chi connectivity index (χ0n) is 14.5. The van der Waals surface area contributed by atoms with Gasteiger partial charge in [-0.25, -0.2) is 4.99 Å². The molecule has 4 N–H and O–H groups in total. The molecule has 0 spiro atoms. The van der Waals surface area contributed by atoms with Crippen LogP contribution in [0.5, 0.6) is 0 Å². The number of hydrogen-bond acceptors (Lipinski definition) is 2. The largest absolute Gasteiger partial charge is 0.366 e. The van der Waals surface area contributed by atoms with E-state index >= 15 is 0 Å². The number of aliphatic imine (C=N–C) groups is 1. The van der Waals surface area contributed by atoms with E-state index in [1.54, 1.807) is 12.1 Å². The van der Waals surface area contributed by atoms with Crippen molar-refractivity contribution < 1.29 is 4.79 Å². The Balaban J connectivity index is 0.00000288. The van der Waals surface area contributed by atoms with Crippen molar-refractivity contribution >= 4 is 35.8 Å². The third-order valence-electron chi connectivity index (χ3n) is 4.33. The van der Waals surface area contributed by atoms with Gasteiger partial charge in [0, 0.05) is 18.2 Å². The van der Waals surface area contributed by atoms with Crippen LogP contribution >= 0.6 is 24.0 Å². The van der Waals surface area contributed by atoms with Gasteiger partial charge in [0.25, 0.3) is 0 Å². The van der Waals surface area contributed by atoms with Crippen molar-refractivity contribution in [2.45, 2.75) is 52.1 Å². The molecule has 1 amide bonds. The number of nitrogens with zero attached hydrogens (tertiary/aromatic N) is 1. The summed E-state index contributed by atoms with van der Waals surface area (Å²) in [4.78, 5) is 15.9. The van der Waals surface area contributed by atoms with Crippen molar-refractivity contribution in [3.05, 3.63) is 35.4 Å². The molecule has 134 valence electrons. The summed E-state index contributed by atoms with van der Waals surface area (Å²) < 4.78 is 0. The van der Waals surface area contributed by atoms with Crippen molar-refractivity contribution in [2.75, 3.05) is 6.54 Å². The van der Waals surface area contributed by atoms with Crippen molar-refractivity contribution in [2.24, 2.45) is 16.6 Å².